The van der Waals surface area contributed by atoms with Crippen molar-refractivity contribution in [3.63, 3.8) is 0 Å². The molecule has 0 saturated carbocycles. The van der Waals surface area contributed by atoms with Crippen molar-refractivity contribution < 1.29 is 4.79 Å². The Balaban J connectivity index is 2.17. The van der Waals surface area contributed by atoms with Gasteiger partial charge in [-0.05, 0) is 49.6 Å². The lowest BCUT2D eigenvalue weighted by atomic mass is 10.0. The third-order valence-corrected chi connectivity index (χ3v) is 3.78. The minimum atomic E-state index is -0.0123. The Morgan fingerprint density at radius 1 is 1.05 bits per heavy atom. The van der Waals surface area contributed by atoms with E-state index in [1.165, 1.54) is 11.1 Å². The van der Waals surface area contributed by atoms with Crippen molar-refractivity contribution in [2.45, 2.75) is 27.3 Å². The van der Waals surface area contributed by atoms with Gasteiger partial charge in [-0.15, -0.1) is 0 Å². The molecule has 0 fully saturated rings. The molecule has 2 rings (SSSR count). The highest BCUT2D eigenvalue weighted by Gasteiger charge is 2.13. The van der Waals surface area contributed by atoms with E-state index in [4.69, 9.17) is 5.73 Å². The summed E-state index contributed by atoms with van der Waals surface area (Å²) in [7, 11) is 1.82. The second kappa shape index (κ2) is 6.00. The number of hydrogen-bond acceptors (Lipinski definition) is 2. The molecule has 0 atom stereocenters. The molecule has 0 unspecified atom stereocenters. The Kier molecular flexibility index (Phi) is 4.32. The monoisotopic (exact) mass is 282 g/mol. The summed E-state index contributed by atoms with van der Waals surface area (Å²) in [5, 5.41) is 0. The van der Waals surface area contributed by atoms with Crippen LogP contribution in [0.4, 0.5) is 5.69 Å². The number of aryl methyl sites for hydroxylation is 3. The van der Waals surface area contributed by atoms with Gasteiger partial charge < -0.3 is 10.6 Å². The van der Waals surface area contributed by atoms with E-state index in [0.717, 1.165) is 11.1 Å². The van der Waals surface area contributed by atoms with Crippen molar-refractivity contribution in [1.29, 1.82) is 0 Å². The summed E-state index contributed by atoms with van der Waals surface area (Å²) in [6, 6.07) is 11.7. The van der Waals surface area contributed by atoms with Gasteiger partial charge in [0.25, 0.3) is 5.91 Å². The molecule has 3 heteroatoms. The topological polar surface area (TPSA) is 46.3 Å². The molecular formula is C18H22N2O. The number of anilines is 1. The van der Waals surface area contributed by atoms with E-state index in [1.807, 2.05) is 26.1 Å². The predicted molar refractivity (Wildman–Crippen MR) is 87.3 cm³/mol. The summed E-state index contributed by atoms with van der Waals surface area (Å²) < 4.78 is 0. The predicted octanol–water partition coefficient (Wildman–Crippen LogP) is 3.47. The van der Waals surface area contributed by atoms with Crippen LogP contribution < -0.4 is 5.73 Å². The Morgan fingerprint density at radius 2 is 1.76 bits per heavy atom. The maximum absolute atomic E-state index is 12.5. The van der Waals surface area contributed by atoms with Crippen LogP contribution in [0.25, 0.3) is 0 Å². The first-order valence-electron chi connectivity index (χ1n) is 7.06. The molecule has 0 aliphatic rings. The van der Waals surface area contributed by atoms with E-state index >= 15 is 0 Å². The summed E-state index contributed by atoms with van der Waals surface area (Å²) >= 11 is 0. The molecule has 2 aromatic rings. The van der Waals surface area contributed by atoms with Crippen molar-refractivity contribution in [2.24, 2.45) is 0 Å². The number of benzene rings is 2. The SMILES string of the molecule is Cc1ccc(CN(C)C(=O)c2ccc(C)c(N)c2)c(C)c1. The summed E-state index contributed by atoms with van der Waals surface area (Å²) in [5.74, 6) is -0.0123. The summed E-state index contributed by atoms with van der Waals surface area (Å²) in [6.45, 7) is 6.67. The molecule has 110 valence electrons. The van der Waals surface area contributed by atoms with Crippen molar-refractivity contribution in [3.05, 3.63) is 64.2 Å². The summed E-state index contributed by atoms with van der Waals surface area (Å²) in [6.07, 6.45) is 0. The van der Waals surface area contributed by atoms with Crippen LogP contribution in [0.15, 0.2) is 36.4 Å². The van der Waals surface area contributed by atoms with Crippen LogP contribution in [0.2, 0.25) is 0 Å². The fourth-order valence-corrected chi connectivity index (χ4v) is 2.34. The van der Waals surface area contributed by atoms with Crippen LogP contribution in [0.1, 0.15) is 32.6 Å². The molecule has 0 radical (unpaired) electrons. The van der Waals surface area contributed by atoms with E-state index in [0.29, 0.717) is 17.8 Å². The number of carbonyl (C=O) groups is 1. The smallest absolute Gasteiger partial charge is 0.253 e. The molecule has 0 aromatic heterocycles. The fraction of sp³-hybridized carbons (Fsp3) is 0.278. The molecule has 0 heterocycles. The minimum Gasteiger partial charge on any atom is -0.398 e. The van der Waals surface area contributed by atoms with Crippen LogP contribution in [0.3, 0.4) is 0 Å². The number of nitrogen functional groups attached to an aromatic ring is 1. The van der Waals surface area contributed by atoms with Crippen molar-refractivity contribution >= 4 is 11.6 Å². The van der Waals surface area contributed by atoms with E-state index in [9.17, 15) is 4.79 Å². The van der Waals surface area contributed by atoms with Crippen LogP contribution in [-0.2, 0) is 6.54 Å². The van der Waals surface area contributed by atoms with Gasteiger partial charge >= 0.3 is 0 Å². The fourth-order valence-electron chi connectivity index (χ4n) is 2.34. The zero-order valence-corrected chi connectivity index (χ0v) is 13.1. The Morgan fingerprint density at radius 3 is 2.38 bits per heavy atom. The normalized spacial score (nSPS) is 10.5. The van der Waals surface area contributed by atoms with Crippen molar-refractivity contribution in [1.82, 2.24) is 4.90 Å². The number of nitrogens with zero attached hydrogens (tertiary/aromatic N) is 1. The average Bonchev–Trinajstić information content (AvgIpc) is 2.44. The molecule has 2 aromatic carbocycles. The van der Waals surface area contributed by atoms with Crippen LogP contribution in [0.5, 0.6) is 0 Å². The van der Waals surface area contributed by atoms with Gasteiger partial charge in [-0.1, -0.05) is 29.8 Å². The highest BCUT2D eigenvalue weighted by molar-refractivity contribution is 5.95. The Hall–Kier alpha value is -2.29. The average molecular weight is 282 g/mol. The lowest BCUT2D eigenvalue weighted by Crippen LogP contribution is -2.26. The molecular weight excluding hydrogens is 260 g/mol. The number of hydrogen-bond donors (Lipinski definition) is 1. The lowest BCUT2D eigenvalue weighted by Gasteiger charge is -2.19. The number of amides is 1. The third-order valence-electron chi connectivity index (χ3n) is 3.78. The van der Waals surface area contributed by atoms with E-state index in [1.54, 1.807) is 11.0 Å². The zero-order chi connectivity index (χ0) is 15.6. The first kappa shape index (κ1) is 15.1. The Labute approximate surface area is 126 Å². The summed E-state index contributed by atoms with van der Waals surface area (Å²) in [4.78, 5) is 14.2. The van der Waals surface area contributed by atoms with Gasteiger partial charge in [0, 0.05) is 24.8 Å². The van der Waals surface area contributed by atoms with Crippen molar-refractivity contribution in [2.75, 3.05) is 12.8 Å². The van der Waals surface area contributed by atoms with E-state index in [2.05, 4.69) is 32.0 Å². The first-order valence-corrected chi connectivity index (χ1v) is 7.06. The van der Waals surface area contributed by atoms with Gasteiger partial charge in [0.2, 0.25) is 0 Å². The number of rotatable bonds is 3. The van der Waals surface area contributed by atoms with Gasteiger partial charge in [-0.25, -0.2) is 0 Å². The van der Waals surface area contributed by atoms with E-state index < -0.39 is 0 Å². The van der Waals surface area contributed by atoms with Gasteiger partial charge in [0.15, 0.2) is 0 Å². The van der Waals surface area contributed by atoms with Crippen molar-refractivity contribution in [3.8, 4) is 0 Å². The molecule has 0 spiro atoms. The molecule has 0 aliphatic carbocycles. The molecule has 0 saturated heterocycles. The third kappa shape index (κ3) is 3.43. The lowest BCUT2D eigenvalue weighted by molar-refractivity contribution is 0.0785. The van der Waals surface area contributed by atoms with Gasteiger partial charge in [-0.3, -0.25) is 4.79 Å². The number of carbonyl (C=O) groups excluding carboxylic acids is 1. The largest absolute Gasteiger partial charge is 0.398 e. The molecule has 2 N–H and O–H groups in total. The molecule has 3 nitrogen and oxygen atoms in total. The van der Waals surface area contributed by atoms with Crippen LogP contribution in [-0.4, -0.2) is 17.9 Å². The molecule has 0 aliphatic heterocycles. The molecule has 21 heavy (non-hydrogen) atoms. The second-order valence-corrected chi connectivity index (χ2v) is 5.66. The molecule has 1 amide bonds. The molecule has 0 bridgehead atoms. The standard InChI is InChI=1S/C18H22N2O/c1-12-5-7-16(14(3)9-12)11-20(4)18(21)15-8-6-13(2)17(19)10-15/h5-10H,11,19H2,1-4H3. The number of nitrogens with two attached hydrogens (primary N) is 1. The van der Waals surface area contributed by atoms with Crippen LogP contribution >= 0.6 is 0 Å². The van der Waals surface area contributed by atoms with Gasteiger partial charge in [-0.2, -0.15) is 0 Å². The maximum Gasteiger partial charge on any atom is 0.253 e. The zero-order valence-electron chi connectivity index (χ0n) is 13.1. The highest BCUT2D eigenvalue weighted by Crippen LogP contribution is 2.17. The first-order chi connectivity index (χ1) is 9.88. The second-order valence-electron chi connectivity index (χ2n) is 5.66. The van der Waals surface area contributed by atoms with Gasteiger partial charge in [0.1, 0.15) is 0 Å². The highest BCUT2D eigenvalue weighted by atomic mass is 16.2. The van der Waals surface area contributed by atoms with Gasteiger partial charge in [0.05, 0.1) is 0 Å². The van der Waals surface area contributed by atoms with Crippen LogP contribution in [0, 0.1) is 20.8 Å². The Bertz CT molecular complexity index is 677. The quantitative estimate of drug-likeness (QED) is 0.876. The summed E-state index contributed by atoms with van der Waals surface area (Å²) in [5.41, 5.74) is 11.8. The maximum atomic E-state index is 12.5. The van der Waals surface area contributed by atoms with E-state index in [-0.39, 0.29) is 5.91 Å². The minimum absolute atomic E-state index is 0.0123.